The second-order valence-electron chi connectivity index (χ2n) is 7.44. The van der Waals surface area contributed by atoms with Crippen molar-refractivity contribution in [1.82, 2.24) is 25.3 Å². The van der Waals surface area contributed by atoms with E-state index in [-0.39, 0.29) is 18.2 Å². The SMILES string of the molecule is COc1ccccc1C=CCN1CCNC(=O)C1CC(=O)N(C)Cc1cc(C)[nH]n1. The van der Waals surface area contributed by atoms with Gasteiger partial charge in [0.15, 0.2) is 0 Å². The van der Waals surface area contributed by atoms with Crippen LogP contribution in [0.3, 0.4) is 0 Å². The van der Waals surface area contributed by atoms with E-state index in [1.54, 1.807) is 19.1 Å². The average Bonchev–Trinajstić information content (AvgIpc) is 3.15. The molecule has 1 aliphatic heterocycles. The first-order chi connectivity index (χ1) is 14.5. The maximum Gasteiger partial charge on any atom is 0.237 e. The minimum Gasteiger partial charge on any atom is -0.496 e. The lowest BCUT2D eigenvalue weighted by atomic mass is 10.1. The van der Waals surface area contributed by atoms with Crippen LogP contribution in [0.15, 0.2) is 36.4 Å². The number of aromatic nitrogens is 2. The summed E-state index contributed by atoms with van der Waals surface area (Å²) in [7, 11) is 3.38. The zero-order valence-electron chi connectivity index (χ0n) is 17.7. The number of ether oxygens (including phenoxy) is 1. The molecule has 2 amide bonds. The Morgan fingerprint density at radius 2 is 2.20 bits per heavy atom. The van der Waals surface area contributed by atoms with E-state index in [4.69, 9.17) is 4.74 Å². The molecule has 3 rings (SSSR count). The van der Waals surface area contributed by atoms with E-state index >= 15 is 0 Å². The summed E-state index contributed by atoms with van der Waals surface area (Å²) in [6, 6.07) is 9.18. The van der Waals surface area contributed by atoms with Crippen LogP contribution in [0.1, 0.15) is 23.4 Å². The van der Waals surface area contributed by atoms with Gasteiger partial charge >= 0.3 is 0 Å². The number of rotatable bonds is 8. The number of aromatic amines is 1. The van der Waals surface area contributed by atoms with Gasteiger partial charge in [-0.3, -0.25) is 19.6 Å². The monoisotopic (exact) mass is 411 g/mol. The van der Waals surface area contributed by atoms with Gasteiger partial charge < -0.3 is 15.0 Å². The van der Waals surface area contributed by atoms with Gasteiger partial charge in [-0.1, -0.05) is 30.4 Å². The van der Waals surface area contributed by atoms with E-state index in [0.717, 1.165) is 22.7 Å². The summed E-state index contributed by atoms with van der Waals surface area (Å²) in [4.78, 5) is 28.9. The highest BCUT2D eigenvalue weighted by Crippen LogP contribution is 2.19. The number of nitrogens with zero attached hydrogens (tertiary/aromatic N) is 3. The molecule has 1 fully saturated rings. The van der Waals surface area contributed by atoms with Gasteiger partial charge in [-0.15, -0.1) is 0 Å². The topological polar surface area (TPSA) is 90.6 Å². The number of carbonyl (C=O) groups is 2. The predicted molar refractivity (Wildman–Crippen MR) is 115 cm³/mol. The first-order valence-electron chi connectivity index (χ1n) is 10.0. The number of benzene rings is 1. The van der Waals surface area contributed by atoms with Crippen LogP contribution in [0.4, 0.5) is 0 Å². The first-order valence-corrected chi connectivity index (χ1v) is 10.0. The van der Waals surface area contributed by atoms with Crippen molar-refractivity contribution in [3.63, 3.8) is 0 Å². The summed E-state index contributed by atoms with van der Waals surface area (Å²) in [5.41, 5.74) is 2.72. The zero-order chi connectivity index (χ0) is 21.5. The van der Waals surface area contributed by atoms with Gasteiger partial charge in [-0.05, 0) is 19.1 Å². The maximum atomic E-state index is 12.7. The molecule has 8 heteroatoms. The number of nitrogens with one attached hydrogen (secondary N) is 2. The number of carbonyl (C=O) groups excluding carboxylic acids is 2. The minimum absolute atomic E-state index is 0.0867. The van der Waals surface area contributed by atoms with Gasteiger partial charge in [-0.2, -0.15) is 5.10 Å². The molecular formula is C22H29N5O3. The minimum atomic E-state index is -0.489. The molecule has 2 aromatic rings. The molecule has 1 aromatic carbocycles. The Hall–Kier alpha value is -3.13. The Morgan fingerprint density at radius 1 is 1.40 bits per heavy atom. The van der Waals surface area contributed by atoms with Crippen LogP contribution in [0.5, 0.6) is 5.75 Å². The molecule has 2 N–H and O–H groups in total. The molecule has 0 aliphatic carbocycles. The largest absolute Gasteiger partial charge is 0.496 e. The lowest BCUT2D eigenvalue weighted by Crippen LogP contribution is -2.56. The van der Waals surface area contributed by atoms with Crippen LogP contribution in [0.25, 0.3) is 6.08 Å². The molecule has 8 nitrogen and oxygen atoms in total. The lowest BCUT2D eigenvalue weighted by Gasteiger charge is -2.34. The van der Waals surface area contributed by atoms with E-state index in [2.05, 4.69) is 15.5 Å². The van der Waals surface area contributed by atoms with Crippen LogP contribution in [0.2, 0.25) is 0 Å². The Kier molecular flexibility index (Phi) is 7.24. The fraction of sp³-hybridized carbons (Fsp3) is 0.409. The van der Waals surface area contributed by atoms with E-state index in [0.29, 0.717) is 26.2 Å². The molecule has 160 valence electrons. The van der Waals surface area contributed by atoms with Crippen molar-refractivity contribution in [2.75, 3.05) is 33.8 Å². The van der Waals surface area contributed by atoms with Crippen molar-refractivity contribution in [2.24, 2.45) is 0 Å². The van der Waals surface area contributed by atoms with Gasteiger partial charge in [-0.25, -0.2) is 0 Å². The van der Waals surface area contributed by atoms with Crippen LogP contribution >= 0.6 is 0 Å². The number of hydrogen-bond donors (Lipinski definition) is 2. The van der Waals surface area contributed by atoms with Gasteiger partial charge in [0, 0.05) is 37.9 Å². The fourth-order valence-corrected chi connectivity index (χ4v) is 3.53. The van der Waals surface area contributed by atoms with Crippen molar-refractivity contribution >= 4 is 17.9 Å². The number of methoxy groups -OCH3 is 1. The second kappa shape index (κ2) is 10.1. The average molecular weight is 412 g/mol. The third-order valence-electron chi connectivity index (χ3n) is 5.17. The van der Waals surface area contributed by atoms with Crippen LogP contribution in [-0.2, 0) is 16.1 Å². The molecule has 2 heterocycles. The Morgan fingerprint density at radius 3 is 2.93 bits per heavy atom. The molecule has 0 bridgehead atoms. The summed E-state index contributed by atoms with van der Waals surface area (Å²) < 4.78 is 5.37. The summed E-state index contributed by atoms with van der Waals surface area (Å²) in [6.07, 6.45) is 4.12. The Balaban J connectivity index is 1.61. The maximum absolute atomic E-state index is 12.7. The molecule has 1 unspecified atom stereocenters. The molecule has 1 aromatic heterocycles. The molecule has 30 heavy (non-hydrogen) atoms. The predicted octanol–water partition coefficient (Wildman–Crippen LogP) is 1.59. The number of para-hydroxylation sites is 1. The number of H-pyrrole nitrogens is 1. The van der Waals surface area contributed by atoms with Gasteiger partial charge in [0.25, 0.3) is 0 Å². The lowest BCUT2D eigenvalue weighted by molar-refractivity contribution is -0.138. The van der Waals surface area contributed by atoms with Crippen molar-refractivity contribution in [1.29, 1.82) is 0 Å². The van der Waals surface area contributed by atoms with E-state index in [1.165, 1.54) is 0 Å². The Bertz CT molecular complexity index is 908. The van der Waals surface area contributed by atoms with E-state index in [1.807, 2.05) is 54.3 Å². The molecule has 1 saturated heterocycles. The summed E-state index contributed by atoms with van der Waals surface area (Å²) in [5.74, 6) is 0.604. The van der Waals surface area contributed by atoms with Crippen molar-refractivity contribution in [2.45, 2.75) is 25.9 Å². The highest BCUT2D eigenvalue weighted by Gasteiger charge is 2.31. The quantitative estimate of drug-likeness (QED) is 0.689. The van der Waals surface area contributed by atoms with Crippen molar-refractivity contribution < 1.29 is 14.3 Å². The van der Waals surface area contributed by atoms with Crippen LogP contribution < -0.4 is 10.1 Å². The Labute approximate surface area is 176 Å². The molecule has 0 saturated carbocycles. The summed E-state index contributed by atoms with van der Waals surface area (Å²) in [5, 5.41) is 9.92. The highest BCUT2D eigenvalue weighted by molar-refractivity contribution is 5.88. The van der Waals surface area contributed by atoms with E-state index < -0.39 is 6.04 Å². The van der Waals surface area contributed by atoms with E-state index in [9.17, 15) is 9.59 Å². The van der Waals surface area contributed by atoms with Gasteiger partial charge in [0.2, 0.25) is 11.8 Å². The van der Waals surface area contributed by atoms with Gasteiger partial charge in [0.1, 0.15) is 5.75 Å². The normalized spacial score (nSPS) is 17.2. The van der Waals surface area contributed by atoms with Crippen molar-refractivity contribution in [3.05, 3.63) is 53.4 Å². The fourth-order valence-electron chi connectivity index (χ4n) is 3.53. The number of amides is 2. The molecular weight excluding hydrogens is 382 g/mol. The molecule has 1 aliphatic rings. The van der Waals surface area contributed by atoms with Crippen molar-refractivity contribution in [3.8, 4) is 5.75 Å². The second-order valence-corrected chi connectivity index (χ2v) is 7.44. The highest BCUT2D eigenvalue weighted by atomic mass is 16.5. The number of hydrogen-bond acceptors (Lipinski definition) is 5. The summed E-state index contributed by atoms with van der Waals surface area (Å²) in [6.45, 7) is 4.18. The standard InChI is InChI=1S/C22H29N5O3/c1-16-13-18(25-24-16)15-26(2)21(28)14-19-22(29)23-10-12-27(19)11-6-8-17-7-4-5-9-20(17)30-3/h4-9,13,19H,10-12,14-15H2,1-3H3,(H,23,29)(H,24,25). The number of aryl methyl sites for hydroxylation is 1. The zero-order valence-corrected chi connectivity index (χ0v) is 17.7. The van der Waals surface area contributed by atoms with Crippen LogP contribution in [-0.4, -0.2) is 71.6 Å². The number of piperazine rings is 1. The first kappa shape index (κ1) is 21.6. The molecule has 0 radical (unpaired) electrons. The molecule has 0 spiro atoms. The summed E-state index contributed by atoms with van der Waals surface area (Å²) >= 11 is 0. The third kappa shape index (κ3) is 5.48. The third-order valence-corrected chi connectivity index (χ3v) is 5.17. The smallest absolute Gasteiger partial charge is 0.237 e. The molecule has 1 atom stereocenters. The van der Waals surface area contributed by atoms with Gasteiger partial charge in [0.05, 0.1) is 31.8 Å². The van der Waals surface area contributed by atoms with Crippen LogP contribution in [0, 0.1) is 6.92 Å².